The molecular formula is C11H21F2N3. The highest BCUT2D eigenvalue weighted by molar-refractivity contribution is 5.77. The summed E-state index contributed by atoms with van der Waals surface area (Å²) in [6.45, 7) is 5.45. The third-order valence-corrected chi connectivity index (χ3v) is 2.66. The molecule has 94 valence electrons. The number of alkyl halides is 2. The fourth-order valence-electron chi connectivity index (χ4n) is 1.73. The molecule has 3 nitrogen and oxygen atoms in total. The minimum atomic E-state index is -2.41. The summed E-state index contributed by atoms with van der Waals surface area (Å²) in [4.78, 5) is 4.13. The quantitative estimate of drug-likeness (QED) is 0.563. The van der Waals surface area contributed by atoms with Crippen LogP contribution < -0.4 is 11.1 Å². The fraction of sp³-hybridized carbons (Fsp3) is 0.909. The van der Waals surface area contributed by atoms with Crippen molar-refractivity contribution in [2.75, 3.05) is 13.1 Å². The summed E-state index contributed by atoms with van der Waals surface area (Å²) < 4.78 is 25.0. The highest BCUT2D eigenvalue weighted by atomic mass is 19.3. The number of rotatable bonds is 5. The van der Waals surface area contributed by atoms with E-state index in [1.54, 1.807) is 0 Å². The maximum atomic E-state index is 12.5. The first-order chi connectivity index (χ1) is 7.39. The fourth-order valence-corrected chi connectivity index (χ4v) is 1.73. The van der Waals surface area contributed by atoms with Crippen molar-refractivity contribution in [3.63, 3.8) is 0 Å². The molecule has 5 heteroatoms. The first-order valence-corrected chi connectivity index (χ1v) is 5.80. The Morgan fingerprint density at radius 1 is 1.50 bits per heavy atom. The Kier molecular flexibility index (Phi) is 4.50. The molecule has 1 fully saturated rings. The van der Waals surface area contributed by atoms with Gasteiger partial charge < -0.3 is 11.1 Å². The van der Waals surface area contributed by atoms with Crippen LogP contribution in [0, 0.1) is 11.8 Å². The van der Waals surface area contributed by atoms with Gasteiger partial charge in [-0.05, 0) is 18.3 Å². The zero-order valence-corrected chi connectivity index (χ0v) is 9.97. The van der Waals surface area contributed by atoms with Gasteiger partial charge in [0.1, 0.15) is 0 Å². The molecule has 1 aliphatic rings. The van der Waals surface area contributed by atoms with Crippen LogP contribution in [-0.4, -0.2) is 25.0 Å². The van der Waals surface area contributed by atoms with Gasteiger partial charge in [0.25, 0.3) is 0 Å². The van der Waals surface area contributed by atoms with Crippen LogP contribution in [0.25, 0.3) is 0 Å². The first-order valence-electron chi connectivity index (χ1n) is 5.80. The van der Waals surface area contributed by atoms with Crippen molar-refractivity contribution in [2.24, 2.45) is 22.6 Å². The summed E-state index contributed by atoms with van der Waals surface area (Å²) in [6.07, 6.45) is 0.795. The highest BCUT2D eigenvalue weighted by Crippen LogP contribution is 2.43. The molecule has 1 rings (SSSR count). The molecule has 0 heterocycles. The zero-order valence-electron chi connectivity index (χ0n) is 9.97. The van der Waals surface area contributed by atoms with Gasteiger partial charge in [0.05, 0.1) is 0 Å². The minimum absolute atomic E-state index is 0.0255. The number of nitrogens with one attached hydrogen (secondary N) is 1. The van der Waals surface area contributed by atoms with E-state index in [0.29, 0.717) is 25.0 Å². The molecule has 0 aromatic heterocycles. The van der Waals surface area contributed by atoms with E-state index < -0.39 is 5.92 Å². The standard InChI is InChI=1S/C11H21F2N3/c1-8(2)7-16-10(14)15-4-3-9-5-11(12,13)6-9/h8-9H,3-7H2,1-2H3,(H3,14,15,16). The van der Waals surface area contributed by atoms with E-state index in [0.717, 1.165) is 6.42 Å². The lowest BCUT2D eigenvalue weighted by atomic mass is 9.79. The van der Waals surface area contributed by atoms with Crippen LogP contribution in [0.4, 0.5) is 8.78 Å². The number of halogens is 2. The average molecular weight is 233 g/mol. The van der Waals surface area contributed by atoms with Crippen molar-refractivity contribution >= 4 is 5.96 Å². The molecule has 0 radical (unpaired) electrons. The summed E-state index contributed by atoms with van der Waals surface area (Å²) in [5.74, 6) is -1.38. The molecule has 3 N–H and O–H groups in total. The van der Waals surface area contributed by atoms with E-state index in [1.165, 1.54) is 0 Å². The molecule has 0 saturated heterocycles. The average Bonchev–Trinajstić information content (AvgIpc) is 2.11. The Balaban J connectivity index is 2.05. The predicted molar refractivity (Wildman–Crippen MR) is 61.6 cm³/mol. The number of guanidine groups is 1. The van der Waals surface area contributed by atoms with Gasteiger partial charge in [-0.15, -0.1) is 0 Å². The summed E-state index contributed by atoms with van der Waals surface area (Å²) in [6, 6.07) is 0. The van der Waals surface area contributed by atoms with E-state index in [4.69, 9.17) is 5.73 Å². The monoisotopic (exact) mass is 233 g/mol. The van der Waals surface area contributed by atoms with Crippen molar-refractivity contribution < 1.29 is 8.78 Å². The normalized spacial score (nSPS) is 20.9. The predicted octanol–water partition coefficient (Wildman–Crippen LogP) is 1.98. The Hall–Kier alpha value is -0.870. The van der Waals surface area contributed by atoms with E-state index in [-0.39, 0.29) is 18.8 Å². The molecule has 0 amide bonds. The van der Waals surface area contributed by atoms with Gasteiger partial charge in [-0.2, -0.15) is 0 Å². The van der Waals surface area contributed by atoms with Gasteiger partial charge in [-0.25, -0.2) is 8.78 Å². The van der Waals surface area contributed by atoms with Gasteiger partial charge in [-0.1, -0.05) is 13.8 Å². The molecule has 1 saturated carbocycles. The maximum Gasteiger partial charge on any atom is 0.248 e. The molecule has 0 atom stereocenters. The van der Waals surface area contributed by atoms with E-state index in [9.17, 15) is 8.78 Å². The van der Waals surface area contributed by atoms with Crippen LogP contribution in [0.15, 0.2) is 4.99 Å². The third-order valence-electron chi connectivity index (χ3n) is 2.66. The maximum absolute atomic E-state index is 12.5. The molecule has 0 bridgehead atoms. The zero-order chi connectivity index (χ0) is 12.2. The number of nitrogens with zero attached hydrogens (tertiary/aromatic N) is 1. The second kappa shape index (κ2) is 5.46. The molecule has 16 heavy (non-hydrogen) atoms. The van der Waals surface area contributed by atoms with Crippen molar-refractivity contribution in [1.82, 2.24) is 5.32 Å². The van der Waals surface area contributed by atoms with Crippen LogP contribution in [0.2, 0.25) is 0 Å². The van der Waals surface area contributed by atoms with Gasteiger partial charge in [-0.3, -0.25) is 4.99 Å². The highest BCUT2D eigenvalue weighted by Gasteiger charge is 2.44. The molecule has 0 unspecified atom stereocenters. The minimum Gasteiger partial charge on any atom is -0.370 e. The van der Waals surface area contributed by atoms with Crippen LogP contribution in [0.3, 0.4) is 0 Å². The topological polar surface area (TPSA) is 50.4 Å². The summed E-state index contributed by atoms with van der Waals surface area (Å²) in [5.41, 5.74) is 5.61. The van der Waals surface area contributed by atoms with Gasteiger partial charge >= 0.3 is 0 Å². The van der Waals surface area contributed by atoms with Crippen LogP contribution >= 0.6 is 0 Å². The lowest BCUT2D eigenvalue weighted by molar-refractivity contribution is -0.111. The van der Waals surface area contributed by atoms with E-state index >= 15 is 0 Å². The van der Waals surface area contributed by atoms with Crippen molar-refractivity contribution in [3.8, 4) is 0 Å². The molecule has 0 aliphatic heterocycles. The number of nitrogens with two attached hydrogens (primary N) is 1. The lowest BCUT2D eigenvalue weighted by Crippen LogP contribution is -2.39. The molecule has 1 aliphatic carbocycles. The Labute approximate surface area is 95.5 Å². The molecule has 0 spiro atoms. The molecule has 0 aromatic carbocycles. The SMILES string of the molecule is CC(C)CN=C(N)NCCC1CC(F)(F)C1. The second-order valence-corrected chi connectivity index (χ2v) is 4.97. The van der Waals surface area contributed by atoms with Gasteiger partial charge in [0.2, 0.25) is 5.92 Å². The number of hydrogen-bond acceptors (Lipinski definition) is 1. The van der Waals surface area contributed by atoms with Gasteiger partial charge in [0, 0.05) is 25.9 Å². The van der Waals surface area contributed by atoms with Crippen molar-refractivity contribution in [1.29, 1.82) is 0 Å². The molecule has 0 aromatic rings. The van der Waals surface area contributed by atoms with Crippen LogP contribution in [0.1, 0.15) is 33.1 Å². The van der Waals surface area contributed by atoms with Crippen molar-refractivity contribution in [3.05, 3.63) is 0 Å². The van der Waals surface area contributed by atoms with Gasteiger partial charge in [0.15, 0.2) is 5.96 Å². The lowest BCUT2D eigenvalue weighted by Gasteiger charge is -2.34. The first kappa shape index (κ1) is 13.2. The number of hydrogen-bond donors (Lipinski definition) is 2. The largest absolute Gasteiger partial charge is 0.370 e. The Bertz CT molecular complexity index is 244. The third kappa shape index (κ3) is 4.77. The Morgan fingerprint density at radius 2 is 2.12 bits per heavy atom. The van der Waals surface area contributed by atoms with Crippen LogP contribution in [0.5, 0.6) is 0 Å². The summed E-state index contributed by atoms with van der Waals surface area (Å²) in [5, 5.41) is 2.95. The second-order valence-electron chi connectivity index (χ2n) is 4.97. The van der Waals surface area contributed by atoms with Crippen molar-refractivity contribution in [2.45, 2.75) is 39.0 Å². The summed E-state index contributed by atoms with van der Waals surface area (Å²) in [7, 11) is 0. The van der Waals surface area contributed by atoms with E-state index in [1.807, 2.05) is 0 Å². The smallest absolute Gasteiger partial charge is 0.248 e. The van der Waals surface area contributed by atoms with Crippen LogP contribution in [-0.2, 0) is 0 Å². The number of aliphatic imine (C=N–C) groups is 1. The molecular weight excluding hydrogens is 212 g/mol. The van der Waals surface area contributed by atoms with E-state index in [2.05, 4.69) is 24.2 Å². The Morgan fingerprint density at radius 3 is 2.62 bits per heavy atom. The summed E-state index contributed by atoms with van der Waals surface area (Å²) >= 11 is 0.